The molecule has 0 spiro atoms. The van der Waals surface area contributed by atoms with Crippen molar-refractivity contribution in [2.24, 2.45) is 5.92 Å². The van der Waals surface area contributed by atoms with Crippen molar-refractivity contribution in [3.8, 4) is 5.75 Å². The molecule has 0 heterocycles. The second-order valence-electron chi connectivity index (χ2n) is 5.40. The first-order valence-electron chi connectivity index (χ1n) is 7.35. The maximum absolute atomic E-state index is 12.1. The van der Waals surface area contributed by atoms with E-state index in [1.807, 2.05) is 48.5 Å². The molecule has 0 aromatic heterocycles. The predicted octanol–water partition coefficient (Wildman–Crippen LogP) is 3.33. The van der Waals surface area contributed by atoms with Gasteiger partial charge in [0.15, 0.2) is 6.61 Å². The van der Waals surface area contributed by atoms with Crippen molar-refractivity contribution < 1.29 is 9.53 Å². The lowest BCUT2D eigenvalue weighted by molar-refractivity contribution is -0.124. The largest absolute Gasteiger partial charge is 0.484 e. The molecular weight excluding hydrogens is 262 g/mol. The lowest BCUT2D eigenvalue weighted by Gasteiger charge is -2.19. The molecule has 3 heteroatoms. The topological polar surface area (TPSA) is 38.3 Å². The highest BCUT2D eigenvalue weighted by atomic mass is 16.5. The van der Waals surface area contributed by atoms with E-state index in [2.05, 4.69) is 17.4 Å². The van der Waals surface area contributed by atoms with E-state index >= 15 is 0 Å². The maximum atomic E-state index is 12.1. The Morgan fingerprint density at radius 3 is 2.29 bits per heavy atom. The van der Waals surface area contributed by atoms with Gasteiger partial charge in [0.1, 0.15) is 5.75 Å². The van der Waals surface area contributed by atoms with E-state index in [0.29, 0.717) is 5.92 Å². The molecule has 108 valence electrons. The Morgan fingerprint density at radius 2 is 1.67 bits per heavy atom. The summed E-state index contributed by atoms with van der Waals surface area (Å²) < 4.78 is 5.49. The third-order valence-electron chi connectivity index (χ3n) is 3.68. The Labute approximate surface area is 124 Å². The minimum Gasteiger partial charge on any atom is -0.484 e. The summed E-state index contributed by atoms with van der Waals surface area (Å²) in [5.74, 6) is 1.21. The van der Waals surface area contributed by atoms with E-state index in [-0.39, 0.29) is 18.6 Å². The molecular formula is C18H19NO2. The van der Waals surface area contributed by atoms with Crippen LogP contribution in [-0.2, 0) is 4.79 Å². The Hall–Kier alpha value is -2.29. The summed E-state index contributed by atoms with van der Waals surface area (Å²) in [6, 6.07) is 19.7. The van der Waals surface area contributed by atoms with Gasteiger partial charge in [-0.2, -0.15) is 0 Å². The third kappa shape index (κ3) is 3.85. The van der Waals surface area contributed by atoms with E-state index in [0.717, 1.165) is 5.75 Å². The molecule has 1 unspecified atom stereocenters. The van der Waals surface area contributed by atoms with Crippen LogP contribution in [0.4, 0.5) is 0 Å². The maximum Gasteiger partial charge on any atom is 0.258 e. The summed E-state index contributed by atoms with van der Waals surface area (Å²) >= 11 is 0. The average molecular weight is 281 g/mol. The molecule has 0 radical (unpaired) electrons. The smallest absolute Gasteiger partial charge is 0.258 e. The molecule has 2 aromatic rings. The normalized spacial score (nSPS) is 15.2. The molecule has 0 aliphatic heterocycles. The van der Waals surface area contributed by atoms with Gasteiger partial charge in [-0.15, -0.1) is 0 Å². The van der Waals surface area contributed by atoms with Gasteiger partial charge < -0.3 is 10.1 Å². The first-order chi connectivity index (χ1) is 10.3. The number of hydrogen-bond donors (Lipinski definition) is 1. The number of amides is 1. The summed E-state index contributed by atoms with van der Waals surface area (Å²) in [7, 11) is 0. The summed E-state index contributed by atoms with van der Waals surface area (Å²) in [5.41, 5.74) is 1.17. The number of benzene rings is 2. The van der Waals surface area contributed by atoms with E-state index in [1.165, 1.54) is 18.4 Å². The number of carbonyl (C=O) groups is 1. The first kappa shape index (κ1) is 13.7. The van der Waals surface area contributed by atoms with E-state index < -0.39 is 0 Å². The van der Waals surface area contributed by atoms with Gasteiger partial charge in [-0.1, -0.05) is 48.5 Å². The number of rotatable bonds is 6. The van der Waals surface area contributed by atoms with Crippen molar-refractivity contribution in [1.82, 2.24) is 5.32 Å². The molecule has 1 amide bonds. The van der Waals surface area contributed by atoms with Gasteiger partial charge in [0.05, 0.1) is 6.04 Å². The fraction of sp³-hybridized carbons (Fsp3) is 0.278. The van der Waals surface area contributed by atoms with Gasteiger partial charge in [0.2, 0.25) is 0 Å². The molecule has 3 rings (SSSR count). The monoisotopic (exact) mass is 281 g/mol. The van der Waals surface area contributed by atoms with Crippen molar-refractivity contribution in [3.05, 3.63) is 66.2 Å². The van der Waals surface area contributed by atoms with Crippen LogP contribution in [0.1, 0.15) is 24.4 Å². The minimum atomic E-state index is -0.0698. The Morgan fingerprint density at radius 1 is 1.05 bits per heavy atom. The van der Waals surface area contributed by atoms with E-state index in [1.54, 1.807) is 0 Å². The highest BCUT2D eigenvalue weighted by molar-refractivity contribution is 5.78. The summed E-state index contributed by atoms with van der Waals surface area (Å²) in [6.07, 6.45) is 2.36. The average Bonchev–Trinajstić information content (AvgIpc) is 3.37. The van der Waals surface area contributed by atoms with Gasteiger partial charge in [-0.3, -0.25) is 4.79 Å². The van der Waals surface area contributed by atoms with Gasteiger partial charge in [-0.05, 0) is 36.5 Å². The lowest BCUT2D eigenvalue weighted by Crippen LogP contribution is -2.33. The third-order valence-corrected chi connectivity index (χ3v) is 3.68. The molecule has 1 aliphatic rings. The number of ether oxygens (including phenoxy) is 1. The standard InChI is InChI=1S/C18H19NO2/c20-17(13-21-16-9-5-2-6-10-16)19-18(15-11-12-15)14-7-3-1-4-8-14/h1-10,15,18H,11-13H2,(H,19,20). The van der Waals surface area contributed by atoms with Crippen LogP contribution < -0.4 is 10.1 Å². The van der Waals surface area contributed by atoms with Crippen LogP contribution >= 0.6 is 0 Å². The van der Waals surface area contributed by atoms with E-state index in [9.17, 15) is 4.79 Å². The van der Waals surface area contributed by atoms with Crippen molar-refractivity contribution in [1.29, 1.82) is 0 Å². The van der Waals surface area contributed by atoms with Gasteiger partial charge >= 0.3 is 0 Å². The van der Waals surface area contributed by atoms with Crippen molar-refractivity contribution in [2.75, 3.05) is 6.61 Å². The molecule has 21 heavy (non-hydrogen) atoms. The van der Waals surface area contributed by atoms with Crippen LogP contribution in [0.25, 0.3) is 0 Å². The van der Waals surface area contributed by atoms with Gasteiger partial charge in [-0.25, -0.2) is 0 Å². The van der Waals surface area contributed by atoms with Gasteiger partial charge in [0.25, 0.3) is 5.91 Å². The highest BCUT2D eigenvalue weighted by Gasteiger charge is 2.33. The zero-order valence-corrected chi connectivity index (χ0v) is 11.9. The van der Waals surface area contributed by atoms with Crippen LogP contribution in [0.15, 0.2) is 60.7 Å². The molecule has 1 atom stereocenters. The predicted molar refractivity (Wildman–Crippen MR) is 82.0 cm³/mol. The number of hydrogen-bond acceptors (Lipinski definition) is 2. The molecule has 1 N–H and O–H groups in total. The molecule has 2 aromatic carbocycles. The summed E-state index contributed by atoms with van der Waals surface area (Å²) in [5, 5.41) is 3.10. The van der Waals surface area contributed by atoms with Crippen LogP contribution in [0.3, 0.4) is 0 Å². The summed E-state index contributed by atoms with van der Waals surface area (Å²) in [6.45, 7) is 0.0556. The van der Waals surface area contributed by atoms with Gasteiger partial charge in [0, 0.05) is 0 Å². The van der Waals surface area contributed by atoms with E-state index in [4.69, 9.17) is 4.74 Å². The second-order valence-corrected chi connectivity index (χ2v) is 5.40. The van der Waals surface area contributed by atoms with Crippen molar-refractivity contribution >= 4 is 5.91 Å². The SMILES string of the molecule is O=C(COc1ccccc1)NC(c1ccccc1)C1CC1. The highest BCUT2D eigenvalue weighted by Crippen LogP contribution is 2.40. The zero-order chi connectivity index (χ0) is 14.5. The zero-order valence-electron chi connectivity index (χ0n) is 11.9. The quantitative estimate of drug-likeness (QED) is 0.882. The Kier molecular flexibility index (Phi) is 4.20. The van der Waals surface area contributed by atoms with Crippen LogP contribution in [-0.4, -0.2) is 12.5 Å². The first-order valence-corrected chi connectivity index (χ1v) is 7.35. The molecule has 0 bridgehead atoms. The Balaban J connectivity index is 1.57. The number of nitrogens with one attached hydrogen (secondary N) is 1. The number of para-hydroxylation sites is 1. The lowest BCUT2D eigenvalue weighted by atomic mass is 10.0. The van der Waals surface area contributed by atoms with Crippen LogP contribution in [0.2, 0.25) is 0 Å². The molecule has 1 aliphatic carbocycles. The van der Waals surface area contributed by atoms with Crippen LogP contribution in [0.5, 0.6) is 5.75 Å². The van der Waals surface area contributed by atoms with Crippen molar-refractivity contribution in [3.63, 3.8) is 0 Å². The Bertz CT molecular complexity index is 579. The van der Waals surface area contributed by atoms with Crippen molar-refractivity contribution in [2.45, 2.75) is 18.9 Å². The molecule has 3 nitrogen and oxygen atoms in total. The summed E-state index contributed by atoms with van der Waals surface area (Å²) in [4.78, 5) is 12.1. The molecule has 0 saturated heterocycles. The fourth-order valence-corrected chi connectivity index (χ4v) is 2.44. The fourth-order valence-electron chi connectivity index (χ4n) is 2.44. The van der Waals surface area contributed by atoms with Crippen LogP contribution in [0, 0.1) is 5.92 Å². The molecule has 1 fully saturated rings. The second kappa shape index (κ2) is 6.44. The molecule has 1 saturated carbocycles. The number of carbonyl (C=O) groups excluding carboxylic acids is 1. The minimum absolute atomic E-state index is 0.0556.